The van der Waals surface area contributed by atoms with Gasteiger partial charge in [0.1, 0.15) is 5.82 Å². The van der Waals surface area contributed by atoms with Crippen molar-refractivity contribution in [3.05, 3.63) is 78.4 Å². The van der Waals surface area contributed by atoms with Crippen molar-refractivity contribution in [1.82, 2.24) is 9.97 Å². The summed E-state index contributed by atoms with van der Waals surface area (Å²) in [5, 5.41) is 7.01. The zero-order valence-corrected chi connectivity index (χ0v) is 16.7. The molecule has 4 aromatic rings. The lowest BCUT2D eigenvalue weighted by molar-refractivity contribution is 0.867. The molecule has 0 bridgehead atoms. The van der Waals surface area contributed by atoms with Crippen molar-refractivity contribution in [2.24, 2.45) is 0 Å². The first kappa shape index (κ1) is 18.2. The zero-order chi connectivity index (χ0) is 19.5. The van der Waals surface area contributed by atoms with Gasteiger partial charge in [-0.3, -0.25) is 0 Å². The number of benzene rings is 3. The molecule has 0 aliphatic carbocycles. The van der Waals surface area contributed by atoms with E-state index in [0.717, 1.165) is 33.8 Å². The molecule has 3 aromatic carbocycles. The van der Waals surface area contributed by atoms with Crippen molar-refractivity contribution < 1.29 is 0 Å². The Morgan fingerprint density at radius 2 is 1.46 bits per heavy atom. The van der Waals surface area contributed by atoms with Gasteiger partial charge in [-0.1, -0.05) is 38.1 Å². The van der Waals surface area contributed by atoms with E-state index in [1.807, 2.05) is 60.7 Å². The minimum atomic E-state index is 0.518. The summed E-state index contributed by atoms with van der Waals surface area (Å²) in [5.41, 5.74) is 6.24. The fourth-order valence-corrected chi connectivity index (χ4v) is 3.28. The molecule has 4 rings (SSSR count). The largest absolute Gasteiger partial charge is 0.338 e. The van der Waals surface area contributed by atoms with Gasteiger partial charge < -0.3 is 15.6 Å². The van der Waals surface area contributed by atoms with Gasteiger partial charge >= 0.3 is 0 Å². The van der Waals surface area contributed by atoms with Crippen LogP contribution >= 0.6 is 12.2 Å². The number of fused-ring (bicyclic) bond motifs is 1. The van der Waals surface area contributed by atoms with E-state index in [-0.39, 0.29) is 0 Å². The molecule has 5 heteroatoms. The topological polar surface area (TPSA) is 52.7 Å². The molecule has 0 radical (unpaired) electrons. The van der Waals surface area contributed by atoms with Gasteiger partial charge in [-0.2, -0.15) is 0 Å². The standard InChI is InChI=1S/C23H22N4S/c1-15(2)16-7-11-18(12-8-16)24-23(28)25-19-13-9-17(10-14-19)22-26-20-5-3-4-6-21(20)27-22/h3-15H,1-2H3,(H,26,27)(H2,24,25,28). The highest BCUT2D eigenvalue weighted by atomic mass is 32.1. The molecule has 0 saturated carbocycles. The summed E-state index contributed by atoms with van der Waals surface area (Å²) in [6.07, 6.45) is 0. The fourth-order valence-electron chi connectivity index (χ4n) is 3.05. The van der Waals surface area contributed by atoms with Crippen LogP contribution in [0.25, 0.3) is 22.4 Å². The Hall–Kier alpha value is -3.18. The van der Waals surface area contributed by atoms with Crippen molar-refractivity contribution in [2.45, 2.75) is 19.8 Å². The number of aromatic amines is 1. The molecule has 0 unspecified atom stereocenters. The van der Waals surface area contributed by atoms with Crippen LogP contribution in [0, 0.1) is 0 Å². The van der Waals surface area contributed by atoms with Crippen molar-refractivity contribution in [1.29, 1.82) is 0 Å². The summed E-state index contributed by atoms with van der Waals surface area (Å²) in [7, 11) is 0. The van der Waals surface area contributed by atoms with E-state index in [2.05, 4.69) is 46.6 Å². The lowest BCUT2D eigenvalue weighted by Gasteiger charge is -2.12. The first-order chi connectivity index (χ1) is 13.6. The minimum Gasteiger partial charge on any atom is -0.338 e. The maximum Gasteiger partial charge on any atom is 0.175 e. The van der Waals surface area contributed by atoms with Gasteiger partial charge in [-0.05, 0) is 72.2 Å². The van der Waals surface area contributed by atoms with E-state index in [0.29, 0.717) is 11.0 Å². The zero-order valence-electron chi connectivity index (χ0n) is 15.9. The minimum absolute atomic E-state index is 0.518. The molecule has 0 amide bonds. The summed E-state index contributed by atoms with van der Waals surface area (Å²) in [4.78, 5) is 7.98. The van der Waals surface area contributed by atoms with E-state index in [9.17, 15) is 0 Å². The molecule has 0 atom stereocenters. The summed E-state index contributed by atoms with van der Waals surface area (Å²) in [5.74, 6) is 1.38. The maximum atomic E-state index is 5.43. The highest BCUT2D eigenvalue weighted by Crippen LogP contribution is 2.22. The Kier molecular flexibility index (Phi) is 5.08. The third-order valence-electron chi connectivity index (χ3n) is 4.64. The number of imidazole rings is 1. The van der Waals surface area contributed by atoms with E-state index in [1.165, 1.54) is 5.56 Å². The van der Waals surface area contributed by atoms with Crippen LogP contribution in [0.4, 0.5) is 11.4 Å². The normalized spacial score (nSPS) is 11.0. The van der Waals surface area contributed by atoms with Crippen molar-refractivity contribution >= 4 is 39.7 Å². The molecule has 0 saturated heterocycles. The van der Waals surface area contributed by atoms with Gasteiger partial charge in [0.25, 0.3) is 0 Å². The van der Waals surface area contributed by atoms with Crippen LogP contribution in [0.15, 0.2) is 72.8 Å². The molecule has 0 aliphatic heterocycles. The van der Waals surface area contributed by atoms with Crippen LogP contribution in [0.1, 0.15) is 25.3 Å². The fraction of sp³-hybridized carbons (Fsp3) is 0.130. The van der Waals surface area contributed by atoms with Gasteiger partial charge in [-0.15, -0.1) is 0 Å². The number of nitrogens with zero attached hydrogens (tertiary/aromatic N) is 1. The smallest absolute Gasteiger partial charge is 0.175 e. The SMILES string of the molecule is CC(C)c1ccc(NC(=S)Nc2ccc(-c3nc4ccccc4[nH]3)cc2)cc1. The Morgan fingerprint density at radius 3 is 2.07 bits per heavy atom. The van der Waals surface area contributed by atoms with Crippen LogP contribution in [0.3, 0.4) is 0 Å². The van der Waals surface area contributed by atoms with Gasteiger partial charge in [0.15, 0.2) is 5.11 Å². The number of thiocarbonyl (C=S) groups is 1. The van der Waals surface area contributed by atoms with Gasteiger partial charge in [-0.25, -0.2) is 4.98 Å². The number of aromatic nitrogens is 2. The number of rotatable bonds is 4. The van der Waals surface area contributed by atoms with Gasteiger partial charge in [0, 0.05) is 16.9 Å². The van der Waals surface area contributed by atoms with Gasteiger partial charge in [0.2, 0.25) is 0 Å². The summed E-state index contributed by atoms with van der Waals surface area (Å²) >= 11 is 5.43. The molecule has 4 nitrogen and oxygen atoms in total. The highest BCUT2D eigenvalue weighted by Gasteiger charge is 2.06. The Labute approximate surface area is 170 Å². The van der Waals surface area contributed by atoms with E-state index in [1.54, 1.807) is 0 Å². The Balaban J connectivity index is 1.41. The lowest BCUT2D eigenvalue weighted by atomic mass is 10.0. The van der Waals surface area contributed by atoms with Crippen LogP contribution in [0.2, 0.25) is 0 Å². The Morgan fingerprint density at radius 1 is 0.857 bits per heavy atom. The molecule has 28 heavy (non-hydrogen) atoms. The van der Waals surface area contributed by atoms with Crippen molar-refractivity contribution in [3.63, 3.8) is 0 Å². The average molecular weight is 387 g/mol. The number of H-pyrrole nitrogens is 1. The predicted octanol–water partition coefficient (Wildman–Crippen LogP) is 6.16. The second-order valence-corrected chi connectivity index (χ2v) is 7.44. The molecule has 0 aliphatic rings. The van der Waals surface area contributed by atoms with Crippen LogP contribution in [-0.2, 0) is 0 Å². The second-order valence-electron chi connectivity index (χ2n) is 7.04. The highest BCUT2D eigenvalue weighted by molar-refractivity contribution is 7.80. The summed E-state index contributed by atoms with van der Waals surface area (Å²) < 4.78 is 0. The molecule has 0 spiro atoms. The second kappa shape index (κ2) is 7.82. The van der Waals surface area contributed by atoms with Crippen LogP contribution in [-0.4, -0.2) is 15.1 Å². The van der Waals surface area contributed by atoms with Crippen LogP contribution < -0.4 is 10.6 Å². The summed E-state index contributed by atoms with van der Waals surface area (Å²) in [6, 6.07) is 24.4. The van der Waals surface area contributed by atoms with E-state index < -0.39 is 0 Å². The quantitative estimate of drug-likeness (QED) is 0.368. The van der Waals surface area contributed by atoms with Gasteiger partial charge in [0.05, 0.1) is 11.0 Å². The molecule has 1 heterocycles. The third kappa shape index (κ3) is 4.05. The predicted molar refractivity (Wildman–Crippen MR) is 122 cm³/mol. The molecule has 1 aromatic heterocycles. The summed E-state index contributed by atoms with van der Waals surface area (Å²) in [6.45, 7) is 4.37. The first-order valence-corrected chi connectivity index (χ1v) is 9.72. The molecular formula is C23H22N4S. The number of nitrogens with one attached hydrogen (secondary N) is 3. The Bertz CT molecular complexity index is 1060. The average Bonchev–Trinajstić information content (AvgIpc) is 3.13. The molecular weight excluding hydrogens is 364 g/mol. The molecule has 0 fully saturated rings. The number of hydrogen-bond acceptors (Lipinski definition) is 2. The monoisotopic (exact) mass is 386 g/mol. The first-order valence-electron chi connectivity index (χ1n) is 9.31. The van der Waals surface area contributed by atoms with Crippen molar-refractivity contribution in [3.8, 4) is 11.4 Å². The van der Waals surface area contributed by atoms with Crippen molar-refractivity contribution in [2.75, 3.05) is 10.6 Å². The van der Waals surface area contributed by atoms with Crippen LogP contribution in [0.5, 0.6) is 0 Å². The number of anilines is 2. The van der Waals surface area contributed by atoms with E-state index >= 15 is 0 Å². The molecule has 140 valence electrons. The third-order valence-corrected chi connectivity index (χ3v) is 4.84. The maximum absolute atomic E-state index is 5.43. The number of hydrogen-bond donors (Lipinski definition) is 3. The van der Waals surface area contributed by atoms with E-state index in [4.69, 9.17) is 12.2 Å². The number of para-hydroxylation sites is 2. The lowest BCUT2D eigenvalue weighted by Crippen LogP contribution is -2.18. The molecule has 3 N–H and O–H groups in total.